The fourth-order valence-electron chi connectivity index (χ4n) is 4.80. The Labute approximate surface area is 118 Å². The van der Waals surface area contributed by atoms with Crippen LogP contribution in [0.25, 0.3) is 0 Å². The summed E-state index contributed by atoms with van der Waals surface area (Å²) in [5.74, 6) is 1.28. The van der Waals surface area contributed by atoms with Crippen LogP contribution in [0.4, 0.5) is 0 Å². The van der Waals surface area contributed by atoms with Crippen molar-refractivity contribution in [1.29, 1.82) is 0 Å². The van der Waals surface area contributed by atoms with Crippen LogP contribution in [0.15, 0.2) is 24.3 Å². The van der Waals surface area contributed by atoms with Crippen LogP contribution in [0.2, 0.25) is 0 Å². The first-order chi connectivity index (χ1) is 8.77. The van der Waals surface area contributed by atoms with Crippen LogP contribution in [0.3, 0.4) is 0 Å². The summed E-state index contributed by atoms with van der Waals surface area (Å²) in [6.45, 7) is 13.2. The van der Waals surface area contributed by atoms with Crippen molar-refractivity contribution in [3.8, 4) is 0 Å². The highest BCUT2D eigenvalue weighted by Gasteiger charge is 2.52. The second-order valence-electron chi connectivity index (χ2n) is 7.54. The highest BCUT2D eigenvalue weighted by atomic mass is 16.1. The van der Waals surface area contributed by atoms with E-state index in [9.17, 15) is 4.79 Å². The number of hydrogen-bond acceptors (Lipinski definition) is 1. The van der Waals surface area contributed by atoms with Gasteiger partial charge in [0, 0.05) is 5.92 Å². The molecule has 2 saturated carbocycles. The Hall–Kier alpha value is -0.850. The zero-order valence-corrected chi connectivity index (χ0v) is 13.0. The highest BCUT2D eigenvalue weighted by Crippen LogP contribution is 2.61. The van der Waals surface area contributed by atoms with Crippen LogP contribution in [0, 0.1) is 22.7 Å². The summed E-state index contributed by atoms with van der Waals surface area (Å²) in [6, 6.07) is 0. The Bertz CT molecular complexity index is 415. The fraction of sp³-hybridized carbons (Fsp3) is 0.722. The first-order valence-electron chi connectivity index (χ1n) is 7.64. The second kappa shape index (κ2) is 4.92. The number of allylic oxidation sites excluding steroid dienone is 3. The van der Waals surface area contributed by atoms with Gasteiger partial charge in [-0.3, -0.25) is 4.79 Å². The van der Waals surface area contributed by atoms with E-state index in [1.807, 2.05) is 0 Å². The molecule has 0 N–H and O–H groups in total. The molecule has 0 spiro atoms. The summed E-state index contributed by atoms with van der Waals surface area (Å²) in [7, 11) is 0. The van der Waals surface area contributed by atoms with Crippen LogP contribution in [0.5, 0.6) is 0 Å². The van der Waals surface area contributed by atoms with Gasteiger partial charge in [0.1, 0.15) is 0 Å². The molecule has 106 valence electrons. The average Bonchev–Trinajstić information content (AvgIpc) is 2.26. The molecule has 2 aliphatic rings. The molecule has 0 radical (unpaired) electrons. The number of ketones is 1. The van der Waals surface area contributed by atoms with Crippen molar-refractivity contribution in [3.63, 3.8) is 0 Å². The first kappa shape index (κ1) is 14.6. The van der Waals surface area contributed by atoms with Crippen LogP contribution in [-0.2, 0) is 4.79 Å². The predicted molar refractivity (Wildman–Crippen MR) is 80.9 cm³/mol. The maximum atomic E-state index is 11.3. The van der Waals surface area contributed by atoms with E-state index in [4.69, 9.17) is 0 Å². The lowest BCUT2D eigenvalue weighted by Crippen LogP contribution is -2.48. The highest BCUT2D eigenvalue weighted by molar-refractivity contribution is 5.87. The van der Waals surface area contributed by atoms with E-state index in [1.54, 1.807) is 13.0 Å². The minimum atomic E-state index is 0.147. The zero-order chi connectivity index (χ0) is 14.3. The van der Waals surface area contributed by atoms with Crippen LogP contribution in [0.1, 0.15) is 59.8 Å². The summed E-state index contributed by atoms with van der Waals surface area (Å²) < 4.78 is 0. The Morgan fingerprint density at radius 3 is 2.63 bits per heavy atom. The molecule has 0 aromatic rings. The van der Waals surface area contributed by atoms with Gasteiger partial charge in [-0.1, -0.05) is 45.4 Å². The van der Waals surface area contributed by atoms with E-state index < -0.39 is 0 Å². The normalized spacial score (nSPS) is 38.2. The minimum absolute atomic E-state index is 0.147. The molecule has 0 aromatic carbocycles. The van der Waals surface area contributed by atoms with Gasteiger partial charge in [0.05, 0.1) is 0 Å². The molecule has 2 aliphatic carbocycles. The largest absolute Gasteiger partial charge is 0.295 e. The first-order valence-corrected chi connectivity index (χ1v) is 7.64. The molecule has 2 fully saturated rings. The Morgan fingerprint density at radius 2 is 2.00 bits per heavy atom. The SMILES string of the molecule is C=C1CCC2C(C)(C)CCC[C@]2(C)C1/C=C/C(C)=O. The minimum Gasteiger partial charge on any atom is -0.295 e. The Balaban J connectivity index is 2.35. The van der Waals surface area contributed by atoms with Gasteiger partial charge in [-0.25, -0.2) is 0 Å². The average molecular weight is 260 g/mol. The number of carbonyl (C=O) groups is 1. The van der Waals surface area contributed by atoms with Gasteiger partial charge in [0.15, 0.2) is 5.78 Å². The quantitative estimate of drug-likeness (QED) is 0.508. The van der Waals surface area contributed by atoms with E-state index in [1.165, 1.54) is 31.3 Å². The third-order valence-corrected chi connectivity index (χ3v) is 5.70. The van der Waals surface area contributed by atoms with E-state index in [2.05, 4.69) is 33.4 Å². The van der Waals surface area contributed by atoms with Gasteiger partial charge in [0.25, 0.3) is 0 Å². The molecule has 0 bridgehead atoms. The standard InChI is InChI=1S/C18H28O/c1-13-7-10-16-17(3,4)11-6-12-18(16,5)15(13)9-8-14(2)19/h8-9,15-16H,1,6-7,10-12H2,2-5H3/b9-8+/t15?,16?,18-/m1/s1. The summed E-state index contributed by atoms with van der Waals surface area (Å²) in [6.07, 6.45) is 10.2. The lowest BCUT2D eigenvalue weighted by molar-refractivity contribution is -0.112. The maximum Gasteiger partial charge on any atom is 0.152 e. The van der Waals surface area contributed by atoms with Crippen molar-refractivity contribution in [2.45, 2.75) is 59.8 Å². The van der Waals surface area contributed by atoms with E-state index in [-0.39, 0.29) is 5.78 Å². The molecule has 0 saturated heterocycles. The van der Waals surface area contributed by atoms with Gasteiger partial charge in [-0.15, -0.1) is 0 Å². The van der Waals surface area contributed by atoms with Crippen molar-refractivity contribution in [1.82, 2.24) is 0 Å². The summed E-state index contributed by atoms with van der Waals surface area (Å²) in [4.78, 5) is 11.3. The lowest BCUT2D eigenvalue weighted by atomic mass is 9.47. The van der Waals surface area contributed by atoms with E-state index in [0.29, 0.717) is 16.7 Å². The molecule has 19 heavy (non-hydrogen) atoms. The Kier molecular flexibility index (Phi) is 3.77. The molecule has 0 amide bonds. The van der Waals surface area contributed by atoms with Gasteiger partial charge in [-0.05, 0) is 55.4 Å². The predicted octanol–water partition coefficient (Wildman–Crippen LogP) is 4.93. The van der Waals surface area contributed by atoms with Crippen molar-refractivity contribution in [2.24, 2.45) is 22.7 Å². The smallest absolute Gasteiger partial charge is 0.152 e. The van der Waals surface area contributed by atoms with Gasteiger partial charge in [0.2, 0.25) is 0 Å². The molecule has 1 heteroatoms. The summed E-state index contributed by atoms with van der Waals surface area (Å²) >= 11 is 0. The third-order valence-electron chi connectivity index (χ3n) is 5.70. The number of hydrogen-bond donors (Lipinski definition) is 0. The van der Waals surface area contributed by atoms with Gasteiger partial charge in [-0.2, -0.15) is 0 Å². The molecule has 2 unspecified atom stereocenters. The molecular formula is C18H28O. The van der Waals surface area contributed by atoms with Gasteiger partial charge < -0.3 is 0 Å². The molecule has 0 aromatic heterocycles. The molecule has 1 nitrogen and oxygen atoms in total. The van der Waals surface area contributed by atoms with Crippen molar-refractivity contribution in [2.75, 3.05) is 0 Å². The van der Waals surface area contributed by atoms with Crippen molar-refractivity contribution < 1.29 is 4.79 Å². The maximum absolute atomic E-state index is 11.3. The summed E-state index contributed by atoms with van der Waals surface area (Å²) in [5.41, 5.74) is 2.05. The number of fused-ring (bicyclic) bond motifs is 1. The van der Waals surface area contributed by atoms with Crippen LogP contribution >= 0.6 is 0 Å². The van der Waals surface area contributed by atoms with Gasteiger partial charge >= 0.3 is 0 Å². The lowest BCUT2D eigenvalue weighted by Gasteiger charge is -2.57. The molecule has 0 heterocycles. The van der Waals surface area contributed by atoms with Crippen LogP contribution < -0.4 is 0 Å². The number of carbonyl (C=O) groups excluding carboxylic acids is 1. The topological polar surface area (TPSA) is 17.1 Å². The molecule has 2 rings (SSSR count). The molecule has 3 atom stereocenters. The van der Waals surface area contributed by atoms with E-state index in [0.717, 1.165) is 12.3 Å². The zero-order valence-electron chi connectivity index (χ0n) is 13.0. The van der Waals surface area contributed by atoms with Crippen molar-refractivity contribution >= 4 is 5.78 Å². The summed E-state index contributed by atoms with van der Waals surface area (Å²) in [5, 5.41) is 0. The van der Waals surface area contributed by atoms with Crippen LogP contribution in [-0.4, -0.2) is 5.78 Å². The number of rotatable bonds is 2. The molecule has 0 aliphatic heterocycles. The van der Waals surface area contributed by atoms with Crippen molar-refractivity contribution in [3.05, 3.63) is 24.3 Å². The fourth-order valence-corrected chi connectivity index (χ4v) is 4.80. The second-order valence-corrected chi connectivity index (χ2v) is 7.54. The Morgan fingerprint density at radius 1 is 1.32 bits per heavy atom. The molecular weight excluding hydrogens is 232 g/mol. The van der Waals surface area contributed by atoms with E-state index >= 15 is 0 Å². The third kappa shape index (κ3) is 2.57. The monoisotopic (exact) mass is 260 g/mol.